The number of aromatic nitrogens is 1. The normalized spacial score (nSPS) is 21.7. The van der Waals surface area contributed by atoms with Crippen LogP contribution in [0.25, 0.3) is 0 Å². The molecule has 1 saturated heterocycles. The molecule has 4 nitrogen and oxygen atoms in total. The predicted octanol–water partition coefficient (Wildman–Crippen LogP) is 2.05. The van der Waals surface area contributed by atoms with E-state index in [1.807, 2.05) is 6.92 Å². The minimum Gasteiger partial charge on any atom is -0.368 e. The molecule has 0 radical (unpaired) electrons. The van der Waals surface area contributed by atoms with Crippen molar-refractivity contribution in [2.75, 3.05) is 26.2 Å². The van der Waals surface area contributed by atoms with Crippen molar-refractivity contribution in [2.24, 2.45) is 0 Å². The fourth-order valence-corrected chi connectivity index (χ4v) is 3.02. The monoisotopic (exact) mass is 254 g/mol. The van der Waals surface area contributed by atoms with Crippen molar-refractivity contribution in [1.82, 2.24) is 9.88 Å². The van der Waals surface area contributed by atoms with Crippen LogP contribution in [-0.2, 0) is 4.74 Å². The molecule has 5 heteroatoms. The smallest absolute Gasteiger partial charge is 0.171 e. The Labute approximate surface area is 106 Å². The van der Waals surface area contributed by atoms with E-state index in [-0.39, 0.29) is 11.9 Å². The molecule has 1 aromatic rings. The Morgan fingerprint density at radius 2 is 2.41 bits per heavy atom. The van der Waals surface area contributed by atoms with Crippen LogP contribution in [0.15, 0.2) is 0 Å². The standard InChI is InChI=1S/C12H18N2O2S/c1-4-14-5-6-16-10(7-14)12-13-8(2)11(17-12)9(3)15/h10H,4-7H2,1-3H3. The lowest BCUT2D eigenvalue weighted by molar-refractivity contribution is -0.0282. The third-order valence-corrected chi connectivity index (χ3v) is 4.36. The second kappa shape index (κ2) is 5.25. The minimum atomic E-state index is 0.0282. The van der Waals surface area contributed by atoms with Crippen molar-refractivity contribution >= 4 is 17.1 Å². The van der Waals surface area contributed by atoms with E-state index in [2.05, 4.69) is 16.8 Å². The van der Waals surface area contributed by atoms with Gasteiger partial charge in [0.05, 0.1) is 17.2 Å². The Morgan fingerprint density at radius 3 is 3.00 bits per heavy atom. The quantitative estimate of drug-likeness (QED) is 0.774. The maximum absolute atomic E-state index is 11.4. The number of hydrogen-bond donors (Lipinski definition) is 0. The summed E-state index contributed by atoms with van der Waals surface area (Å²) >= 11 is 1.47. The summed E-state index contributed by atoms with van der Waals surface area (Å²) in [6.45, 7) is 9.26. The van der Waals surface area contributed by atoms with Gasteiger partial charge in [0.25, 0.3) is 0 Å². The minimum absolute atomic E-state index is 0.0282. The first-order valence-electron chi connectivity index (χ1n) is 5.94. The predicted molar refractivity (Wildman–Crippen MR) is 67.7 cm³/mol. The highest BCUT2D eigenvalue weighted by Crippen LogP contribution is 2.28. The van der Waals surface area contributed by atoms with Crippen molar-refractivity contribution < 1.29 is 9.53 Å². The van der Waals surface area contributed by atoms with Crippen LogP contribution < -0.4 is 0 Å². The van der Waals surface area contributed by atoms with Gasteiger partial charge in [-0.3, -0.25) is 9.69 Å². The summed E-state index contributed by atoms with van der Waals surface area (Å²) in [6.07, 6.45) is 0.0282. The molecule has 0 spiro atoms. The van der Waals surface area contributed by atoms with E-state index in [9.17, 15) is 4.79 Å². The van der Waals surface area contributed by atoms with Gasteiger partial charge in [0.2, 0.25) is 0 Å². The summed E-state index contributed by atoms with van der Waals surface area (Å²) in [5.41, 5.74) is 0.828. The van der Waals surface area contributed by atoms with E-state index in [0.29, 0.717) is 0 Å². The Hall–Kier alpha value is -0.780. The Morgan fingerprint density at radius 1 is 1.65 bits per heavy atom. The van der Waals surface area contributed by atoms with Gasteiger partial charge in [0, 0.05) is 20.0 Å². The number of nitrogens with zero attached hydrogens (tertiary/aromatic N) is 2. The van der Waals surface area contributed by atoms with E-state index in [0.717, 1.165) is 41.8 Å². The Bertz CT molecular complexity index is 417. The number of ether oxygens (including phenoxy) is 1. The molecule has 1 fully saturated rings. The summed E-state index contributed by atoms with van der Waals surface area (Å²) in [6, 6.07) is 0. The van der Waals surface area contributed by atoms with Crippen LogP contribution in [0.1, 0.15) is 40.3 Å². The zero-order valence-corrected chi connectivity index (χ0v) is 11.3. The fourth-order valence-electron chi connectivity index (χ4n) is 2.02. The number of carbonyl (C=O) groups excluding carboxylic acids is 1. The van der Waals surface area contributed by atoms with Gasteiger partial charge in [0.15, 0.2) is 5.78 Å². The van der Waals surface area contributed by atoms with E-state index in [1.165, 1.54) is 11.3 Å². The van der Waals surface area contributed by atoms with Crippen molar-refractivity contribution in [3.63, 3.8) is 0 Å². The molecule has 17 heavy (non-hydrogen) atoms. The summed E-state index contributed by atoms with van der Waals surface area (Å²) in [7, 11) is 0. The van der Waals surface area contributed by atoms with Crippen LogP contribution in [-0.4, -0.2) is 41.9 Å². The maximum atomic E-state index is 11.4. The average molecular weight is 254 g/mol. The second-order valence-electron chi connectivity index (χ2n) is 4.28. The lowest BCUT2D eigenvalue weighted by Crippen LogP contribution is -2.38. The molecule has 1 unspecified atom stereocenters. The zero-order chi connectivity index (χ0) is 12.4. The first kappa shape index (κ1) is 12.7. The number of aryl methyl sites for hydroxylation is 1. The van der Waals surface area contributed by atoms with E-state index in [4.69, 9.17) is 4.74 Å². The number of ketones is 1. The first-order chi connectivity index (χ1) is 8.11. The Balaban J connectivity index is 2.16. The molecule has 0 aromatic carbocycles. The van der Waals surface area contributed by atoms with Crippen LogP contribution in [0.4, 0.5) is 0 Å². The number of likely N-dealkylation sites (N-methyl/N-ethyl adjacent to an activating group) is 1. The highest BCUT2D eigenvalue weighted by molar-refractivity contribution is 7.13. The Kier molecular flexibility index (Phi) is 3.91. The lowest BCUT2D eigenvalue weighted by atomic mass is 10.3. The SMILES string of the molecule is CCN1CCOC(c2nc(C)c(C(C)=O)s2)C1. The van der Waals surface area contributed by atoms with Crippen molar-refractivity contribution in [3.8, 4) is 0 Å². The van der Waals surface area contributed by atoms with E-state index in [1.54, 1.807) is 6.92 Å². The summed E-state index contributed by atoms with van der Waals surface area (Å²) < 4.78 is 5.74. The van der Waals surface area contributed by atoms with Crippen molar-refractivity contribution in [3.05, 3.63) is 15.6 Å². The molecule has 0 amide bonds. The molecule has 1 aliphatic heterocycles. The van der Waals surface area contributed by atoms with Crippen LogP contribution in [0.5, 0.6) is 0 Å². The molecule has 0 saturated carbocycles. The van der Waals surface area contributed by atoms with E-state index >= 15 is 0 Å². The number of Topliss-reactive ketones (excluding diaryl/α,β-unsaturated/α-hetero) is 1. The van der Waals surface area contributed by atoms with Gasteiger partial charge in [-0.2, -0.15) is 0 Å². The van der Waals surface area contributed by atoms with Gasteiger partial charge >= 0.3 is 0 Å². The van der Waals surface area contributed by atoms with Crippen molar-refractivity contribution in [1.29, 1.82) is 0 Å². The van der Waals surface area contributed by atoms with Crippen LogP contribution >= 0.6 is 11.3 Å². The van der Waals surface area contributed by atoms with Crippen LogP contribution in [0.3, 0.4) is 0 Å². The van der Waals surface area contributed by atoms with Gasteiger partial charge in [0.1, 0.15) is 11.1 Å². The number of morpholine rings is 1. The highest BCUT2D eigenvalue weighted by Gasteiger charge is 2.25. The molecule has 2 heterocycles. The molecule has 0 bridgehead atoms. The van der Waals surface area contributed by atoms with Gasteiger partial charge < -0.3 is 4.74 Å². The van der Waals surface area contributed by atoms with Crippen LogP contribution in [0, 0.1) is 6.92 Å². The van der Waals surface area contributed by atoms with Gasteiger partial charge in [-0.25, -0.2) is 4.98 Å². The summed E-state index contributed by atoms with van der Waals surface area (Å²) in [5.74, 6) is 0.0920. The third-order valence-electron chi connectivity index (χ3n) is 3.01. The first-order valence-corrected chi connectivity index (χ1v) is 6.75. The molecule has 94 valence electrons. The van der Waals surface area contributed by atoms with E-state index < -0.39 is 0 Å². The highest BCUT2D eigenvalue weighted by atomic mass is 32.1. The summed E-state index contributed by atoms with van der Waals surface area (Å²) in [4.78, 5) is 19.0. The van der Waals surface area contributed by atoms with Gasteiger partial charge in [-0.1, -0.05) is 6.92 Å². The van der Waals surface area contributed by atoms with Crippen molar-refractivity contribution in [2.45, 2.75) is 26.9 Å². The fraction of sp³-hybridized carbons (Fsp3) is 0.667. The van der Waals surface area contributed by atoms with Gasteiger partial charge in [-0.05, 0) is 13.5 Å². The molecule has 0 N–H and O–H groups in total. The number of hydrogen-bond acceptors (Lipinski definition) is 5. The molecule has 0 aliphatic carbocycles. The average Bonchev–Trinajstić information content (AvgIpc) is 2.71. The maximum Gasteiger partial charge on any atom is 0.171 e. The molecular formula is C12H18N2O2S. The topological polar surface area (TPSA) is 42.4 Å². The molecule has 1 aliphatic rings. The molecular weight excluding hydrogens is 236 g/mol. The zero-order valence-electron chi connectivity index (χ0n) is 10.5. The number of carbonyl (C=O) groups is 1. The molecule has 2 rings (SSSR count). The molecule has 1 aromatic heterocycles. The van der Waals surface area contributed by atoms with Gasteiger partial charge in [-0.15, -0.1) is 11.3 Å². The number of rotatable bonds is 3. The lowest BCUT2D eigenvalue weighted by Gasteiger charge is -2.30. The molecule has 1 atom stereocenters. The second-order valence-corrected chi connectivity index (χ2v) is 5.31. The summed E-state index contributed by atoms with van der Waals surface area (Å²) in [5, 5.41) is 0.936. The largest absolute Gasteiger partial charge is 0.368 e. The third kappa shape index (κ3) is 2.73. The van der Waals surface area contributed by atoms with Crippen LogP contribution in [0.2, 0.25) is 0 Å². The number of thiazole rings is 1.